The number of hydrogen-bond donors (Lipinski definition) is 2. The van der Waals surface area contributed by atoms with Crippen molar-refractivity contribution < 1.29 is 19.4 Å². The number of fused-ring (bicyclic) bond motifs is 1. The molecular weight excluding hydrogens is 344 g/mol. The average Bonchev–Trinajstić information content (AvgIpc) is 3.07. The van der Waals surface area contributed by atoms with Gasteiger partial charge in [-0.05, 0) is 29.8 Å². The molecule has 1 aromatic heterocycles. The van der Waals surface area contributed by atoms with Gasteiger partial charge in [0.2, 0.25) is 5.91 Å². The first-order valence-corrected chi connectivity index (χ1v) is 8.56. The molecule has 0 saturated carbocycles. The number of carbonyl (C=O) groups is 2. The minimum absolute atomic E-state index is 0.0785. The fraction of sp³-hybridized carbons (Fsp3) is 0.143. The highest BCUT2D eigenvalue weighted by Gasteiger charge is 2.34. The van der Waals surface area contributed by atoms with Crippen LogP contribution in [-0.4, -0.2) is 28.7 Å². The van der Waals surface area contributed by atoms with Crippen LogP contribution in [0.25, 0.3) is 5.69 Å². The largest absolute Gasteiger partial charge is 0.497 e. The number of nitrogens with one attached hydrogen (secondary N) is 1. The minimum atomic E-state index is -1.08. The van der Waals surface area contributed by atoms with Crippen molar-refractivity contribution in [2.45, 2.75) is 12.3 Å². The Bertz CT molecular complexity index is 1020. The van der Waals surface area contributed by atoms with Gasteiger partial charge in [-0.2, -0.15) is 0 Å². The molecular formula is C21H18N2O4. The van der Waals surface area contributed by atoms with E-state index in [1.807, 2.05) is 59.2 Å². The molecule has 0 spiro atoms. The number of hydrogen-bond acceptors (Lipinski definition) is 3. The number of carboxylic acids is 1. The van der Waals surface area contributed by atoms with E-state index in [0.717, 1.165) is 16.9 Å². The number of benzene rings is 2. The third-order valence-electron chi connectivity index (χ3n) is 4.79. The summed E-state index contributed by atoms with van der Waals surface area (Å²) >= 11 is 0. The van der Waals surface area contributed by atoms with Crippen LogP contribution in [-0.2, 0) is 4.79 Å². The minimum Gasteiger partial charge on any atom is -0.497 e. The number of carboxylic acid groups (broad SMARTS) is 1. The summed E-state index contributed by atoms with van der Waals surface area (Å²) in [6, 6.07) is 17.0. The van der Waals surface area contributed by atoms with Crippen molar-refractivity contribution in [1.29, 1.82) is 0 Å². The molecule has 136 valence electrons. The van der Waals surface area contributed by atoms with Crippen LogP contribution in [0, 0.1) is 0 Å². The molecule has 2 heterocycles. The molecule has 3 aromatic rings. The number of anilines is 1. The smallest absolute Gasteiger partial charge is 0.339 e. The second kappa shape index (κ2) is 6.64. The number of methoxy groups -OCH3 is 1. The molecule has 0 fully saturated rings. The number of aromatic nitrogens is 1. The molecule has 1 amide bonds. The molecule has 0 aliphatic carbocycles. The summed E-state index contributed by atoms with van der Waals surface area (Å²) in [4.78, 5) is 24.1. The van der Waals surface area contributed by atoms with Crippen molar-refractivity contribution in [2.75, 3.05) is 12.4 Å². The zero-order chi connectivity index (χ0) is 19.0. The van der Waals surface area contributed by atoms with Gasteiger partial charge in [0, 0.05) is 24.2 Å². The number of ether oxygens (including phenoxy) is 1. The van der Waals surface area contributed by atoms with Gasteiger partial charge in [-0.15, -0.1) is 0 Å². The molecule has 0 unspecified atom stereocenters. The first kappa shape index (κ1) is 16.9. The Morgan fingerprint density at radius 3 is 2.67 bits per heavy atom. The molecule has 1 aliphatic heterocycles. The molecule has 6 nitrogen and oxygen atoms in total. The fourth-order valence-electron chi connectivity index (χ4n) is 3.57. The molecule has 4 rings (SSSR count). The zero-order valence-electron chi connectivity index (χ0n) is 14.7. The van der Waals surface area contributed by atoms with Gasteiger partial charge in [0.25, 0.3) is 0 Å². The Kier molecular flexibility index (Phi) is 4.16. The predicted molar refractivity (Wildman–Crippen MR) is 101 cm³/mol. The van der Waals surface area contributed by atoms with Gasteiger partial charge >= 0.3 is 5.97 Å². The summed E-state index contributed by atoms with van der Waals surface area (Å²) in [6.45, 7) is 0. The van der Waals surface area contributed by atoms with Crippen LogP contribution < -0.4 is 10.1 Å². The van der Waals surface area contributed by atoms with E-state index in [4.69, 9.17) is 4.74 Å². The van der Waals surface area contributed by atoms with Crippen LogP contribution in [0.4, 0.5) is 5.69 Å². The maximum absolute atomic E-state index is 12.3. The molecule has 0 saturated heterocycles. The summed E-state index contributed by atoms with van der Waals surface area (Å²) in [5, 5.41) is 12.4. The number of para-hydroxylation sites is 1. The molecule has 2 N–H and O–H groups in total. The van der Waals surface area contributed by atoms with E-state index in [1.165, 1.54) is 0 Å². The van der Waals surface area contributed by atoms with E-state index in [9.17, 15) is 14.7 Å². The number of aromatic carboxylic acids is 1. The highest BCUT2D eigenvalue weighted by Crippen LogP contribution is 2.42. The fourth-order valence-corrected chi connectivity index (χ4v) is 3.57. The predicted octanol–water partition coefficient (Wildman–Crippen LogP) is 3.66. The normalized spacial score (nSPS) is 15.7. The lowest BCUT2D eigenvalue weighted by atomic mass is 9.88. The molecule has 0 bridgehead atoms. The Balaban J connectivity index is 1.96. The van der Waals surface area contributed by atoms with Crippen molar-refractivity contribution in [3.63, 3.8) is 0 Å². The summed E-state index contributed by atoms with van der Waals surface area (Å²) in [6.07, 6.45) is 1.80. The monoisotopic (exact) mass is 362 g/mol. The maximum atomic E-state index is 12.3. The molecule has 27 heavy (non-hydrogen) atoms. The highest BCUT2D eigenvalue weighted by molar-refractivity contribution is 6.04. The van der Waals surface area contributed by atoms with Crippen LogP contribution in [0.3, 0.4) is 0 Å². The lowest BCUT2D eigenvalue weighted by Crippen LogP contribution is -2.25. The maximum Gasteiger partial charge on any atom is 0.339 e. The quantitative estimate of drug-likeness (QED) is 0.742. The Labute approximate surface area is 156 Å². The zero-order valence-corrected chi connectivity index (χ0v) is 14.7. The van der Waals surface area contributed by atoms with Gasteiger partial charge < -0.3 is 19.7 Å². The Hall–Kier alpha value is -3.54. The van der Waals surface area contributed by atoms with E-state index >= 15 is 0 Å². The molecule has 1 aliphatic rings. The number of carbonyl (C=O) groups excluding carboxylic acids is 1. The van der Waals surface area contributed by atoms with Gasteiger partial charge in [0.05, 0.1) is 18.5 Å². The van der Waals surface area contributed by atoms with E-state index in [1.54, 1.807) is 13.3 Å². The third kappa shape index (κ3) is 2.95. The average molecular weight is 362 g/mol. The molecule has 1 atom stereocenters. The number of amides is 1. The molecule has 2 aromatic carbocycles. The molecule has 0 radical (unpaired) electrons. The van der Waals surface area contributed by atoms with Crippen molar-refractivity contribution >= 4 is 17.6 Å². The highest BCUT2D eigenvalue weighted by atomic mass is 16.5. The Morgan fingerprint density at radius 2 is 1.96 bits per heavy atom. The topological polar surface area (TPSA) is 80.6 Å². The summed E-state index contributed by atoms with van der Waals surface area (Å²) < 4.78 is 7.17. The van der Waals surface area contributed by atoms with Crippen LogP contribution in [0.15, 0.2) is 60.8 Å². The number of nitrogens with zero attached hydrogens (tertiary/aromatic N) is 1. The first-order chi connectivity index (χ1) is 13.1. The molecule has 6 heteroatoms. The SMILES string of the molecule is COc1cccc([C@@H]2CC(=O)Nc3c(C(=O)O)cn(-c4ccccc4)c32)c1. The van der Waals surface area contributed by atoms with Crippen molar-refractivity contribution in [1.82, 2.24) is 4.57 Å². The van der Waals surface area contributed by atoms with Gasteiger partial charge in [0.1, 0.15) is 11.3 Å². The van der Waals surface area contributed by atoms with Gasteiger partial charge in [-0.25, -0.2) is 4.79 Å². The lowest BCUT2D eigenvalue weighted by Gasteiger charge is -2.26. The van der Waals surface area contributed by atoms with E-state index in [-0.39, 0.29) is 23.8 Å². The number of rotatable bonds is 4. The van der Waals surface area contributed by atoms with Crippen molar-refractivity contribution in [3.8, 4) is 11.4 Å². The van der Waals surface area contributed by atoms with Gasteiger partial charge in [-0.1, -0.05) is 30.3 Å². The third-order valence-corrected chi connectivity index (χ3v) is 4.79. The van der Waals surface area contributed by atoms with Crippen LogP contribution >= 0.6 is 0 Å². The van der Waals surface area contributed by atoms with Gasteiger partial charge in [-0.3, -0.25) is 4.79 Å². The second-order valence-corrected chi connectivity index (χ2v) is 6.40. The Morgan fingerprint density at radius 1 is 1.19 bits per heavy atom. The van der Waals surface area contributed by atoms with Crippen molar-refractivity contribution in [2.24, 2.45) is 0 Å². The summed E-state index contributed by atoms with van der Waals surface area (Å²) in [7, 11) is 1.59. The van der Waals surface area contributed by atoms with Crippen LogP contribution in [0.5, 0.6) is 5.75 Å². The van der Waals surface area contributed by atoms with E-state index in [2.05, 4.69) is 5.32 Å². The van der Waals surface area contributed by atoms with Crippen LogP contribution in [0.1, 0.15) is 34.0 Å². The van der Waals surface area contributed by atoms with E-state index in [0.29, 0.717) is 11.4 Å². The van der Waals surface area contributed by atoms with Crippen LogP contribution in [0.2, 0.25) is 0 Å². The first-order valence-electron chi connectivity index (χ1n) is 8.56. The summed E-state index contributed by atoms with van der Waals surface area (Å²) in [5.41, 5.74) is 2.93. The summed E-state index contributed by atoms with van der Waals surface area (Å²) in [5.74, 6) is -0.871. The van der Waals surface area contributed by atoms with Crippen molar-refractivity contribution in [3.05, 3.63) is 77.6 Å². The van der Waals surface area contributed by atoms with Gasteiger partial charge in [0.15, 0.2) is 0 Å². The standard InChI is InChI=1S/C21H18N2O4/c1-27-15-9-5-6-13(10-15)16-11-18(24)22-19-17(21(25)26)12-23(20(16)19)14-7-3-2-4-8-14/h2-10,12,16H,11H2,1H3,(H,22,24)(H,25,26)/t16-/m0/s1. The van der Waals surface area contributed by atoms with E-state index < -0.39 is 5.97 Å². The lowest BCUT2D eigenvalue weighted by molar-refractivity contribution is -0.116. The second-order valence-electron chi connectivity index (χ2n) is 6.40.